The lowest BCUT2D eigenvalue weighted by atomic mass is 10.3. The van der Waals surface area contributed by atoms with Crippen LogP contribution in [0, 0.1) is 0 Å². The van der Waals surface area contributed by atoms with Crippen LogP contribution in [0.25, 0.3) is 0 Å². The van der Waals surface area contributed by atoms with Crippen molar-refractivity contribution in [1.82, 2.24) is 14.9 Å². The molecule has 100 valence electrons. The van der Waals surface area contributed by atoms with Gasteiger partial charge in [-0.05, 0) is 13.2 Å². The van der Waals surface area contributed by atoms with Gasteiger partial charge in [0.1, 0.15) is 17.7 Å². The Kier molecular flexibility index (Phi) is 5.21. The number of rotatable bonds is 5. The van der Waals surface area contributed by atoms with E-state index in [0.29, 0.717) is 11.0 Å². The molecule has 1 rings (SSSR count). The number of anilines is 2. The fourth-order valence-corrected chi connectivity index (χ4v) is 1.77. The Morgan fingerprint density at radius 2 is 2.00 bits per heavy atom. The first-order valence-corrected chi connectivity index (χ1v) is 6.79. The second-order valence-electron chi connectivity index (χ2n) is 3.97. The number of aromatic nitrogens is 2. The van der Waals surface area contributed by atoms with E-state index in [0.717, 1.165) is 5.82 Å². The van der Waals surface area contributed by atoms with Gasteiger partial charge in [-0.25, -0.2) is 9.97 Å². The van der Waals surface area contributed by atoms with Crippen molar-refractivity contribution < 1.29 is 4.79 Å². The standard InChI is InChI=1S/C11H19N5OS/c1-7(10(17)16(3)4)13-9-6-8(12-2)14-11(15-9)18-5/h6-7H,1-5H3,(H2,12,13,14,15). The summed E-state index contributed by atoms with van der Waals surface area (Å²) in [5, 5.41) is 6.71. The second kappa shape index (κ2) is 6.44. The van der Waals surface area contributed by atoms with E-state index in [2.05, 4.69) is 20.6 Å². The fourth-order valence-electron chi connectivity index (χ4n) is 1.39. The molecule has 0 aliphatic heterocycles. The van der Waals surface area contributed by atoms with Crippen molar-refractivity contribution in [3.8, 4) is 0 Å². The third-order valence-corrected chi connectivity index (χ3v) is 2.87. The number of hydrogen-bond acceptors (Lipinski definition) is 6. The Bertz CT molecular complexity index is 402. The van der Waals surface area contributed by atoms with Crippen LogP contribution >= 0.6 is 11.8 Å². The Morgan fingerprint density at radius 1 is 1.39 bits per heavy atom. The van der Waals surface area contributed by atoms with Crippen LogP contribution in [0.3, 0.4) is 0 Å². The van der Waals surface area contributed by atoms with Gasteiger partial charge < -0.3 is 15.5 Å². The zero-order valence-corrected chi connectivity index (χ0v) is 12.1. The van der Waals surface area contributed by atoms with Gasteiger partial charge in [-0.3, -0.25) is 4.79 Å². The van der Waals surface area contributed by atoms with E-state index in [1.165, 1.54) is 11.8 Å². The predicted octanol–water partition coefficient (Wildman–Crippen LogP) is 1.13. The molecular formula is C11H19N5OS. The molecule has 0 spiro atoms. The van der Waals surface area contributed by atoms with Crippen molar-refractivity contribution in [2.24, 2.45) is 0 Å². The highest BCUT2D eigenvalue weighted by molar-refractivity contribution is 7.98. The quantitative estimate of drug-likeness (QED) is 0.617. The molecule has 1 aromatic heterocycles. The third kappa shape index (κ3) is 3.76. The number of thioether (sulfide) groups is 1. The van der Waals surface area contributed by atoms with Crippen LogP contribution in [0.5, 0.6) is 0 Å². The van der Waals surface area contributed by atoms with E-state index >= 15 is 0 Å². The van der Waals surface area contributed by atoms with Crippen molar-refractivity contribution in [1.29, 1.82) is 0 Å². The molecule has 0 aliphatic carbocycles. The van der Waals surface area contributed by atoms with Gasteiger partial charge in [-0.1, -0.05) is 11.8 Å². The lowest BCUT2D eigenvalue weighted by Gasteiger charge is -2.18. The normalized spacial score (nSPS) is 11.8. The molecular weight excluding hydrogens is 250 g/mol. The van der Waals surface area contributed by atoms with Gasteiger partial charge in [0.15, 0.2) is 5.16 Å². The van der Waals surface area contributed by atoms with Crippen molar-refractivity contribution in [3.05, 3.63) is 6.07 Å². The van der Waals surface area contributed by atoms with Crippen LogP contribution < -0.4 is 10.6 Å². The van der Waals surface area contributed by atoms with Crippen molar-refractivity contribution in [3.63, 3.8) is 0 Å². The molecule has 6 nitrogen and oxygen atoms in total. The summed E-state index contributed by atoms with van der Waals surface area (Å²) in [6.07, 6.45) is 1.91. The molecule has 1 unspecified atom stereocenters. The minimum atomic E-state index is -0.325. The monoisotopic (exact) mass is 269 g/mol. The molecule has 1 amide bonds. The molecule has 1 aromatic rings. The van der Waals surface area contributed by atoms with E-state index in [9.17, 15) is 4.79 Å². The Balaban J connectivity index is 2.86. The van der Waals surface area contributed by atoms with E-state index in [-0.39, 0.29) is 11.9 Å². The average Bonchev–Trinajstić information content (AvgIpc) is 2.36. The van der Waals surface area contributed by atoms with Gasteiger partial charge in [-0.2, -0.15) is 0 Å². The summed E-state index contributed by atoms with van der Waals surface area (Å²) >= 11 is 1.46. The summed E-state index contributed by atoms with van der Waals surface area (Å²) in [7, 11) is 5.25. The highest BCUT2D eigenvalue weighted by atomic mass is 32.2. The van der Waals surface area contributed by atoms with Crippen LogP contribution in [0.4, 0.5) is 11.6 Å². The second-order valence-corrected chi connectivity index (χ2v) is 4.75. The molecule has 1 atom stereocenters. The molecule has 1 heterocycles. The van der Waals surface area contributed by atoms with Crippen LogP contribution in [0.1, 0.15) is 6.92 Å². The molecule has 7 heteroatoms. The largest absolute Gasteiger partial charge is 0.373 e. The molecule has 2 N–H and O–H groups in total. The zero-order valence-electron chi connectivity index (χ0n) is 11.3. The van der Waals surface area contributed by atoms with Crippen LogP contribution in [0.15, 0.2) is 11.2 Å². The van der Waals surface area contributed by atoms with E-state index < -0.39 is 0 Å². The lowest BCUT2D eigenvalue weighted by Crippen LogP contribution is -2.36. The summed E-state index contributed by atoms with van der Waals surface area (Å²) in [6, 6.07) is 1.45. The summed E-state index contributed by atoms with van der Waals surface area (Å²) in [6.45, 7) is 1.81. The Morgan fingerprint density at radius 3 is 2.50 bits per heavy atom. The molecule has 18 heavy (non-hydrogen) atoms. The van der Waals surface area contributed by atoms with Gasteiger partial charge in [0.05, 0.1) is 0 Å². The maximum atomic E-state index is 11.8. The van der Waals surface area contributed by atoms with Gasteiger partial charge >= 0.3 is 0 Å². The first-order chi connectivity index (χ1) is 8.47. The van der Waals surface area contributed by atoms with E-state index in [4.69, 9.17) is 0 Å². The summed E-state index contributed by atoms with van der Waals surface area (Å²) in [5.41, 5.74) is 0. The summed E-state index contributed by atoms with van der Waals surface area (Å²) in [4.78, 5) is 21.9. The molecule has 0 saturated carbocycles. The fraction of sp³-hybridized carbons (Fsp3) is 0.545. The van der Waals surface area contributed by atoms with Crippen LogP contribution in [-0.4, -0.2) is 54.2 Å². The van der Waals surface area contributed by atoms with Crippen molar-refractivity contribution in [2.45, 2.75) is 18.1 Å². The number of likely N-dealkylation sites (N-methyl/N-ethyl adjacent to an activating group) is 1. The maximum Gasteiger partial charge on any atom is 0.244 e. The van der Waals surface area contributed by atoms with Gasteiger partial charge in [0.25, 0.3) is 0 Å². The number of hydrogen-bond donors (Lipinski definition) is 2. The van der Waals surface area contributed by atoms with Gasteiger partial charge in [0.2, 0.25) is 5.91 Å². The third-order valence-electron chi connectivity index (χ3n) is 2.32. The van der Waals surface area contributed by atoms with Gasteiger partial charge in [-0.15, -0.1) is 0 Å². The Hall–Kier alpha value is -1.50. The minimum absolute atomic E-state index is 0.00493. The molecule has 0 aromatic carbocycles. The number of carbonyl (C=O) groups excluding carboxylic acids is 1. The SMILES string of the molecule is CNc1cc(NC(C)C(=O)N(C)C)nc(SC)n1. The number of nitrogens with one attached hydrogen (secondary N) is 2. The number of amides is 1. The molecule has 0 radical (unpaired) electrons. The van der Waals surface area contributed by atoms with Crippen molar-refractivity contribution >= 4 is 29.3 Å². The lowest BCUT2D eigenvalue weighted by molar-refractivity contribution is -0.129. The van der Waals surface area contributed by atoms with Crippen molar-refractivity contribution in [2.75, 3.05) is 38.0 Å². The summed E-state index contributed by atoms with van der Waals surface area (Å²) in [5.74, 6) is 1.37. The molecule has 0 fully saturated rings. The Labute approximate surface area is 112 Å². The molecule has 0 bridgehead atoms. The highest BCUT2D eigenvalue weighted by Gasteiger charge is 2.15. The van der Waals surface area contributed by atoms with E-state index in [1.807, 2.05) is 13.2 Å². The van der Waals surface area contributed by atoms with Crippen LogP contribution in [-0.2, 0) is 4.79 Å². The molecule has 0 saturated heterocycles. The minimum Gasteiger partial charge on any atom is -0.373 e. The maximum absolute atomic E-state index is 11.8. The number of carbonyl (C=O) groups is 1. The van der Waals surface area contributed by atoms with Gasteiger partial charge in [0, 0.05) is 27.2 Å². The smallest absolute Gasteiger partial charge is 0.244 e. The number of nitrogens with zero attached hydrogens (tertiary/aromatic N) is 3. The topological polar surface area (TPSA) is 70.2 Å². The predicted molar refractivity (Wildman–Crippen MR) is 75.1 cm³/mol. The first kappa shape index (κ1) is 14.6. The van der Waals surface area contributed by atoms with Crippen LogP contribution in [0.2, 0.25) is 0 Å². The zero-order chi connectivity index (χ0) is 13.7. The molecule has 0 aliphatic rings. The first-order valence-electron chi connectivity index (χ1n) is 5.56. The van der Waals surface area contributed by atoms with E-state index in [1.54, 1.807) is 32.1 Å². The highest BCUT2D eigenvalue weighted by Crippen LogP contribution is 2.17. The summed E-state index contributed by atoms with van der Waals surface area (Å²) < 4.78 is 0. The average molecular weight is 269 g/mol.